The SMILES string of the molecule is Cc1cc(C)c(N2CC[C@H](NC(=O)C[C@H]3CCCO3)C2=O)c(C)c1. The molecule has 2 heterocycles. The van der Waals surface area contributed by atoms with Crippen LogP contribution in [0.1, 0.15) is 42.4 Å². The third kappa shape index (κ3) is 3.46. The number of hydrogen-bond donors (Lipinski definition) is 1. The van der Waals surface area contributed by atoms with Gasteiger partial charge < -0.3 is 15.0 Å². The number of ether oxygens (including phenoxy) is 1. The first kappa shape index (κ1) is 17.0. The second kappa shape index (κ2) is 6.93. The van der Waals surface area contributed by atoms with Crippen LogP contribution in [0.3, 0.4) is 0 Å². The first-order valence-electron chi connectivity index (χ1n) is 8.76. The van der Waals surface area contributed by atoms with Gasteiger partial charge in [0.05, 0.1) is 12.5 Å². The number of benzene rings is 1. The molecule has 2 fully saturated rings. The van der Waals surface area contributed by atoms with E-state index in [0.29, 0.717) is 19.4 Å². The molecule has 0 spiro atoms. The summed E-state index contributed by atoms with van der Waals surface area (Å²) < 4.78 is 5.49. The average molecular weight is 330 g/mol. The molecule has 2 aliphatic rings. The first-order chi connectivity index (χ1) is 11.5. The zero-order valence-electron chi connectivity index (χ0n) is 14.7. The summed E-state index contributed by atoms with van der Waals surface area (Å²) in [6.45, 7) is 7.51. The Morgan fingerprint density at radius 1 is 1.25 bits per heavy atom. The van der Waals surface area contributed by atoms with Gasteiger partial charge in [-0.25, -0.2) is 0 Å². The zero-order valence-corrected chi connectivity index (χ0v) is 14.7. The topological polar surface area (TPSA) is 58.6 Å². The van der Waals surface area contributed by atoms with E-state index in [0.717, 1.165) is 36.3 Å². The number of anilines is 1. The van der Waals surface area contributed by atoms with E-state index in [9.17, 15) is 9.59 Å². The molecule has 0 radical (unpaired) electrons. The summed E-state index contributed by atoms with van der Waals surface area (Å²) in [5, 5.41) is 2.90. The molecule has 2 amide bonds. The van der Waals surface area contributed by atoms with E-state index in [2.05, 4.69) is 24.4 Å². The lowest BCUT2D eigenvalue weighted by Gasteiger charge is -2.22. The van der Waals surface area contributed by atoms with Gasteiger partial charge in [-0.15, -0.1) is 0 Å². The molecule has 2 saturated heterocycles. The van der Waals surface area contributed by atoms with Crippen molar-refractivity contribution in [2.75, 3.05) is 18.1 Å². The Labute approximate surface area is 143 Å². The quantitative estimate of drug-likeness (QED) is 0.922. The minimum Gasteiger partial charge on any atom is -0.378 e. The molecule has 5 heteroatoms. The fourth-order valence-electron chi connectivity index (χ4n) is 3.90. The van der Waals surface area contributed by atoms with E-state index >= 15 is 0 Å². The van der Waals surface area contributed by atoms with Crippen molar-refractivity contribution < 1.29 is 14.3 Å². The lowest BCUT2D eigenvalue weighted by atomic mass is 10.0. The fraction of sp³-hybridized carbons (Fsp3) is 0.579. The Hall–Kier alpha value is -1.88. The molecule has 1 aromatic carbocycles. The summed E-state index contributed by atoms with van der Waals surface area (Å²) >= 11 is 0. The van der Waals surface area contributed by atoms with Gasteiger partial charge in [-0.1, -0.05) is 17.7 Å². The molecule has 2 atom stereocenters. The molecule has 0 bridgehead atoms. The van der Waals surface area contributed by atoms with Gasteiger partial charge in [0.25, 0.3) is 0 Å². The standard InChI is InChI=1S/C19H26N2O3/c1-12-9-13(2)18(14(3)10-12)21-7-6-16(19(21)23)20-17(22)11-15-5-4-8-24-15/h9-10,15-16H,4-8,11H2,1-3H3,(H,20,22)/t15-,16+/m1/s1. The van der Waals surface area contributed by atoms with Crippen molar-refractivity contribution in [2.24, 2.45) is 0 Å². The number of carbonyl (C=O) groups is 2. The highest BCUT2D eigenvalue weighted by Gasteiger charge is 2.35. The molecule has 5 nitrogen and oxygen atoms in total. The van der Waals surface area contributed by atoms with Crippen LogP contribution < -0.4 is 10.2 Å². The van der Waals surface area contributed by atoms with Crippen LogP contribution >= 0.6 is 0 Å². The summed E-state index contributed by atoms with van der Waals surface area (Å²) in [4.78, 5) is 26.7. The summed E-state index contributed by atoms with van der Waals surface area (Å²) in [6, 6.07) is 3.77. The number of amides is 2. The van der Waals surface area contributed by atoms with Gasteiger partial charge >= 0.3 is 0 Å². The third-order valence-corrected chi connectivity index (χ3v) is 4.88. The average Bonchev–Trinajstić information content (AvgIpc) is 3.11. The number of nitrogens with one attached hydrogen (secondary N) is 1. The molecule has 3 rings (SSSR count). The van der Waals surface area contributed by atoms with Gasteiger partial charge in [0, 0.05) is 18.8 Å². The van der Waals surface area contributed by atoms with Crippen molar-refractivity contribution in [3.63, 3.8) is 0 Å². The maximum Gasteiger partial charge on any atom is 0.249 e. The Balaban J connectivity index is 1.66. The highest BCUT2D eigenvalue weighted by atomic mass is 16.5. The minimum atomic E-state index is -0.418. The minimum absolute atomic E-state index is 0.00857. The van der Waals surface area contributed by atoms with Gasteiger partial charge in [-0.05, 0) is 51.2 Å². The van der Waals surface area contributed by atoms with Crippen LogP contribution in [0.4, 0.5) is 5.69 Å². The van der Waals surface area contributed by atoms with Gasteiger partial charge in [-0.3, -0.25) is 9.59 Å². The largest absolute Gasteiger partial charge is 0.378 e. The number of rotatable bonds is 4. The Kier molecular flexibility index (Phi) is 4.90. The highest BCUT2D eigenvalue weighted by Crippen LogP contribution is 2.30. The molecule has 130 valence electrons. The lowest BCUT2D eigenvalue weighted by Crippen LogP contribution is -2.42. The van der Waals surface area contributed by atoms with Crippen LogP contribution in [0.2, 0.25) is 0 Å². The van der Waals surface area contributed by atoms with Crippen molar-refractivity contribution in [1.29, 1.82) is 0 Å². The van der Waals surface area contributed by atoms with Crippen LogP contribution in [0.5, 0.6) is 0 Å². The number of aryl methyl sites for hydroxylation is 3. The van der Waals surface area contributed by atoms with Crippen LogP contribution in [-0.4, -0.2) is 37.1 Å². The molecule has 2 aliphatic heterocycles. The highest BCUT2D eigenvalue weighted by molar-refractivity contribution is 6.02. The predicted molar refractivity (Wildman–Crippen MR) is 93.1 cm³/mol. The number of nitrogens with zero attached hydrogens (tertiary/aromatic N) is 1. The summed E-state index contributed by atoms with van der Waals surface area (Å²) in [5.41, 5.74) is 4.39. The van der Waals surface area contributed by atoms with Crippen LogP contribution in [-0.2, 0) is 14.3 Å². The lowest BCUT2D eigenvalue weighted by molar-refractivity contribution is -0.127. The Morgan fingerprint density at radius 3 is 2.58 bits per heavy atom. The van der Waals surface area contributed by atoms with Crippen LogP contribution in [0, 0.1) is 20.8 Å². The smallest absolute Gasteiger partial charge is 0.249 e. The molecule has 0 unspecified atom stereocenters. The van der Waals surface area contributed by atoms with Crippen molar-refractivity contribution in [2.45, 2.75) is 58.6 Å². The molecule has 24 heavy (non-hydrogen) atoms. The van der Waals surface area contributed by atoms with Crippen molar-refractivity contribution >= 4 is 17.5 Å². The molecule has 0 aliphatic carbocycles. The van der Waals surface area contributed by atoms with Gasteiger partial charge in [0.2, 0.25) is 11.8 Å². The molecular formula is C19H26N2O3. The van der Waals surface area contributed by atoms with E-state index in [1.165, 1.54) is 5.56 Å². The first-order valence-corrected chi connectivity index (χ1v) is 8.76. The monoisotopic (exact) mass is 330 g/mol. The fourth-order valence-corrected chi connectivity index (χ4v) is 3.90. The van der Waals surface area contributed by atoms with Crippen molar-refractivity contribution in [1.82, 2.24) is 5.32 Å². The summed E-state index contributed by atoms with van der Waals surface area (Å²) in [7, 11) is 0. The molecule has 1 N–H and O–H groups in total. The second-order valence-electron chi connectivity index (χ2n) is 6.99. The summed E-state index contributed by atoms with van der Waals surface area (Å²) in [5.74, 6) is -0.0924. The molecule has 0 aromatic heterocycles. The predicted octanol–water partition coefficient (Wildman–Crippen LogP) is 2.40. The summed E-state index contributed by atoms with van der Waals surface area (Å²) in [6.07, 6.45) is 2.97. The maximum atomic E-state index is 12.7. The van der Waals surface area contributed by atoms with Crippen molar-refractivity contribution in [3.8, 4) is 0 Å². The second-order valence-corrected chi connectivity index (χ2v) is 6.99. The van der Waals surface area contributed by atoms with Gasteiger partial charge in [-0.2, -0.15) is 0 Å². The van der Waals surface area contributed by atoms with E-state index in [1.807, 2.05) is 18.7 Å². The van der Waals surface area contributed by atoms with Gasteiger partial charge in [0.15, 0.2) is 0 Å². The Bertz CT molecular complexity index is 627. The van der Waals surface area contributed by atoms with E-state index in [1.54, 1.807) is 0 Å². The van der Waals surface area contributed by atoms with E-state index in [-0.39, 0.29) is 17.9 Å². The van der Waals surface area contributed by atoms with E-state index < -0.39 is 6.04 Å². The Morgan fingerprint density at radius 2 is 1.96 bits per heavy atom. The number of hydrogen-bond acceptors (Lipinski definition) is 3. The van der Waals surface area contributed by atoms with Crippen molar-refractivity contribution in [3.05, 3.63) is 28.8 Å². The third-order valence-electron chi connectivity index (χ3n) is 4.88. The number of carbonyl (C=O) groups excluding carboxylic acids is 2. The van der Waals surface area contributed by atoms with Crippen LogP contribution in [0.15, 0.2) is 12.1 Å². The zero-order chi connectivity index (χ0) is 17.3. The molecule has 0 saturated carbocycles. The molecule has 1 aromatic rings. The molecular weight excluding hydrogens is 304 g/mol. The normalized spacial score (nSPS) is 23.8. The van der Waals surface area contributed by atoms with Gasteiger partial charge in [0.1, 0.15) is 6.04 Å². The van der Waals surface area contributed by atoms with Crippen LogP contribution in [0.25, 0.3) is 0 Å². The maximum absolute atomic E-state index is 12.7. The van der Waals surface area contributed by atoms with E-state index in [4.69, 9.17) is 4.74 Å².